The number of para-hydroxylation sites is 2. The van der Waals surface area contributed by atoms with Gasteiger partial charge in [0.05, 0.1) is 17.6 Å². The Balaban J connectivity index is 1.03. The summed E-state index contributed by atoms with van der Waals surface area (Å²) in [5.74, 6) is 1.14. The first kappa shape index (κ1) is 33.9. The van der Waals surface area contributed by atoms with Gasteiger partial charge in [-0.2, -0.15) is 0 Å². The zero-order valence-corrected chi connectivity index (χ0v) is 31.1. The molecule has 0 N–H and O–H groups in total. The fourth-order valence-electron chi connectivity index (χ4n) is 7.91. The second kappa shape index (κ2) is 14.5. The van der Waals surface area contributed by atoms with Crippen molar-refractivity contribution in [1.29, 1.82) is 0 Å². The van der Waals surface area contributed by atoms with E-state index < -0.39 is 0 Å². The number of furan rings is 1. The molecule has 57 heavy (non-hydrogen) atoms. The lowest BCUT2D eigenvalue weighted by atomic mass is 9.99. The van der Waals surface area contributed by atoms with E-state index in [0.717, 1.165) is 77.6 Å². The highest BCUT2D eigenvalue weighted by Gasteiger charge is 2.16. The number of nitrogens with zero attached hydrogens (tertiary/aromatic N) is 4. The number of benzene rings is 8. The number of amidine groups is 2. The Bertz CT molecular complexity index is 3170. The van der Waals surface area contributed by atoms with Gasteiger partial charge in [-0.1, -0.05) is 146 Å². The quantitative estimate of drug-likeness (QED) is 0.119. The molecule has 0 aliphatic carbocycles. The SMILES string of the molecule is C=N/C(=N\C(=N/Cc1ccccc1-c1cccc(-n2c3ccccc3c3cc(-c4ccc5c(c4)oc4ccccc45)ccc32)c1)c1ccccc1)c1ccccc1. The van der Waals surface area contributed by atoms with E-state index in [-0.39, 0.29) is 0 Å². The largest absolute Gasteiger partial charge is 0.456 e. The van der Waals surface area contributed by atoms with Gasteiger partial charge in [0.25, 0.3) is 0 Å². The Morgan fingerprint density at radius 1 is 0.474 bits per heavy atom. The van der Waals surface area contributed by atoms with Crippen molar-refractivity contribution < 1.29 is 4.42 Å². The van der Waals surface area contributed by atoms with Crippen LogP contribution in [0.2, 0.25) is 0 Å². The predicted molar refractivity (Wildman–Crippen MR) is 238 cm³/mol. The van der Waals surface area contributed by atoms with Crippen LogP contribution in [0, 0.1) is 0 Å². The molecule has 0 atom stereocenters. The van der Waals surface area contributed by atoms with Gasteiger partial charge < -0.3 is 8.98 Å². The van der Waals surface area contributed by atoms with E-state index in [2.05, 4.69) is 138 Å². The van der Waals surface area contributed by atoms with Crippen molar-refractivity contribution in [2.45, 2.75) is 6.54 Å². The van der Waals surface area contributed by atoms with Gasteiger partial charge in [-0.25, -0.2) is 9.98 Å². The second-order valence-corrected chi connectivity index (χ2v) is 14.1. The normalized spacial score (nSPS) is 12.2. The Kier molecular flexibility index (Phi) is 8.65. The zero-order chi connectivity index (χ0) is 38.1. The molecule has 0 unspecified atom stereocenters. The van der Waals surface area contributed by atoms with Gasteiger partial charge in [0.2, 0.25) is 0 Å². The van der Waals surface area contributed by atoms with Crippen LogP contribution in [0.4, 0.5) is 0 Å². The van der Waals surface area contributed by atoms with Crippen LogP contribution in [0.1, 0.15) is 16.7 Å². The Morgan fingerprint density at radius 3 is 1.95 bits per heavy atom. The molecule has 0 radical (unpaired) electrons. The molecule has 2 aromatic heterocycles. The van der Waals surface area contributed by atoms with E-state index in [0.29, 0.717) is 18.2 Å². The summed E-state index contributed by atoms with van der Waals surface area (Å²) >= 11 is 0. The maximum Gasteiger partial charge on any atom is 0.161 e. The molecule has 0 spiro atoms. The predicted octanol–water partition coefficient (Wildman–Crippen LogP) is 13.1. The topological polar surface area (TPSA) is 55.1 Å². The smallest absolute Gasteiger partial charge is 0.161 e. The monoisotopic (exact) mass is 732 g/mol. The molecular weight excluding hydrogens is 697 g/mol. The average Bonchev–Trinajstić information content (AvgIpc) is 3.82. The maximum absolute atomic E-state index is 6.25. The van der Waals surface area contributed by atoms with Crippen LogP contribution in [-0.4, -0.2) is 23.0 Å². The van der Waals surface area contributed by atoms with E-state index in [1.54, 1.807) is 0 Å². The first-order valence-electron chi connectivity index (χ1n) is 19.1. The minimum absolute atomic E-state index is 0.436. The third-order valence-corrected chi connectivity index (χ3v) is 10.6. The van der Waals surface area contributed by atoms with Crippen molar-refractivity contribution in [2.75, 3.05) is 0 Å². The molecular formula is C52H36N4O. The van der Waals surface area contributed by atoms with E-state index >= 15 is 0 Å². The summed E-state index contributed by atoms with van der Waals surface area (Å²) in [5, 5.41) is 4.68. The summed E-state index contributed by atoms with van der Waals surface area (Å²) in [4.78, 5) is 14.3. The van der Waals surface area contributed by atoms with Crippen LogP contribution < -0.4 is 0 Å². The summed E-state index contributed by atoms with van der Waals surface area (Å²) in [6.07, 6.45) is 0. The lowest BCUT2D eigenvalue weighted by Crippen LogP contribution is -2.05. The van der Waals surface area contributed by atoms with E-state index in [1.807, 2.05) is 72.8 Å². The molecule has 10 aromatic rings. The van der Waals surface area contributed by atoms with Gasteiger partial charge in [-0.15, -0.1) is 0 Å². The van der Waals surface area contributed by atoms with Crippen molar-refractivity contribution in [3.05, 3.63) is 211 Å². The fraction of sp³-hybridized carbons (Fsp3) is 0.0192. The van der Waals surface area contributed by atoms with Crippen LogP contribution in [0.15, 0.2) is 214 Å². The first-order chi connectivity index (χ1) is 28.2. The van der Waals surface area contributed by atoms with Gasteiger partial charge in [0, 0.05) is 38.4 Å². The Hall–Kier alpha value is -7.63. The number of aliphatic imine (C=N–C) groups is 3. The molecule has 0 aliphatic rings. The van der Waals surface area contributed by atoms with Gasteiger partial charge in [-0.3, -0.25) is 4.99 Å². The van der Waals surface area contributed by atoms with Crippen molar-refractivity contribution in [2.24, 2.45) is 15.0 Å². The van der Waals surface area contributed by atoms with Crippen molar-refractivity contribution in [3.63, 3.8) is 0 Å². The number of aromatic nitrogens is 1. The molecule has 0 aliphatic heterocycles. The highest BCUT2D eigenvalue weighted by atomic mass is 16.3. The lowest BCUT2D eigenvalue weighted by Gasteiger charge is -2.13. The molecule has 0 fully saturated rings. The van der Waals surface area contributed by atoms with Crippen molar-refractivity contribution in [3.8, 4) is 27.9 Å². The summed E-state index contributed by atoms with van der Waals surface area (Å²) in [6.45, 7) is 4.25. The molecule has 0 bridgehead atoms. The highest BCUT2D eigenvalue weighted by molar-refractivity contribution is 6.13. The fourth-order valence-corrected chi connectivity index (χ4v) is 7.91. The van der Waals surface area contributed by atoms with E-state index in [9.17, 15) is 0 Å². The third kappa shape index (κ3) is 6.31. The summed E-state index contributed by atoms with van der Waals surface area (Å²) in [7, 11) is 0. The first-order valence-corrected chi connectivity index (χ1v) is 19.1. The van der Waals surface area contributed by atoms with Crippen LogP contribution in [-0.2, 0) is 6.54 Å². The minimum Gasteiger partial charge on any atom is -0.456 e. The summed E-state index contributed by atoms with van der Waals surface area (Å²) < 4.78 is 8.62. The standard InChI is InChI=1S/C52H36N4O/c1-53-51(35-15-4-2-5-16-35)55-52(36-17-6-3-7-18-36)54-34-40-19-8-9-22-42(40)39-20-14-21-41(31-39)56-47-25-12-10-23-43(47)46-32-37(28-30-48(46)56)38-27-29-45-44-24-11-13-26-49(44)57-50(45)33-38/h2-33H,1,34H2/b54-52-,55-51-. The Labute approximate surface area is 330 Å². The molecule has 270 valence electrons. The second-order valence-electron chi connectivity index (χ2n) is 14.1. The number of hydrogen-bond donors (Lipinski definition) is 0. The summed E-state index contributed by atoms with van der Waals surface area (Å²) in [6, 6.07) is 67.4. The van der Waals surface area contributed by atoms with Gasteiger partial charge in [0.1, 0.15) is 11.2 Å². The molecule has 8 aromatic carbocycles. The minimum atomic E-state index is 0.436. The van der Waals surface area contributed by atoms with E-state index in [1.165, 1.54) is 10.8 Å². The maximum atomic E-state index is 6.25. The number of rotatable bonds is 7. The number of fused-ring (bicyclic) bond motifs is 6. The molecule has 0 saturated heterocycles. The average molecular weight is 733 g/mol. The van der Waals surface area contributed by atoms with Crippen LogP contribution >= 0.6 is 0 Å². The van der Waals surface area contributed by atoms with Crippen LogP contribution in [0.5, 0.6) is 0 Å². The van der Waals surface area contributed by atoms with E-state index in [4.69, 9.17) is 14.4 Å². The van der Waals surface area contributed by atoms with Gasteiger partial charge >= 0.3 is 0 Å². The lowest BCUT2D eigenvalue weighted by molar-refractivity contribution is 0.669. The molecule has 10 rings (SSSR count). The third-order valence-electron chi connectivity index (χ3n) is 10.6. The molecule has 2 heterocycles. The Morgan fingerprint density at radius 2 is 1.12 bits per heavy atom. The van der Waals surface area contributed by atoms with Crippen LogP contribution in [0.3, 0.4) is 0 Å². The molecule has 0 amide bonds. The van der Waals surface area contributed by atoms with Gasteiger partial charge in [0.15, 0.2) is 11.7 Å². The molecule has 5 heteroatoms. The summed E-state index contributed by atoms with van der Waals surface area (Å²) in [5.41, 5.74) is 12.6. The number of hydrogen-bond acceptors (Lipinski definition) is 2. The van der Waals surface area contributed by atoms with Gasteiger partial charge in [-0.05, 0) is 83.1 Å². The van der Waals surface area contributed by atoms with Crippen LogP contribution in [0.25, 0.3) is 71.7 Å². The highest BCUT2D eigenvalue weighted by Crippen LogP contribution is 2.38. The molecule has 5 nitrogen and oxygen atoms in total. The molecule has 0 saturated carbocycles. The van der Waals surface area contributed by atoms with Crippen molar-refractivity contribution in [1.82, 2.24) is 4.57 Å². The van der Waals surface area contributed by atoms with Crippen molar-refractivity contribution >= 4 is 62.1 Å². The zero-order valence-electron chi connectivity index (χ0n) is 31.1.